The van der Waals surface area contributed by atoms with Crippen LogP contribution in [0.2, 0.25) is 0 Å². The molecule has 1 saturated heterocycles. The quantitative estimate of drug-likeness (QED) is 0.778. The molecule has 0 unspecified atom stereocenters. The number of carbonyl (C=O) groups excluding carboxylic acids is 2. The van der Waals surface area contributed by atoms with Crippen molar-refractivity contribution in [1.29, 1.82) is 0 Å². The summed E-state index contributed by atoms with van der Waals surface area (Å²) in [6.45, 7) is 1.06. The molecule has 1 aliphatic heterocycles. The van der Waals surface area contributed by atoms with E-state index in [2.05, 4.69) is 4.74 Å². The summed E-state index contributed by atoms with van der Waals surface area (Å²) in [5.74, 6) is -0.481. The third-order valence-electron chi connectivity index (χ3n) is 2.99. The summed E-state index contributed by atoms with van der Waals surface area (Å²) in [6.07, 6.45) is -1.19. The Morgan fingerprint density at radius 1 is 1.35 bits per heavy atom. The van der Waals surface area contributed by atoms with Crippen molar-refractivity contribution in [2.45, 2.75) is 12.7 Å². The zero-order valence-electron chi connectivity index (χ0n) is 11.3. The van der Waals surface area contributed by atoms with Crippen molar-refractivity contribution in [3.05, 3.63) is 35.9 Å². The lowest BCUT2D eigenvalue weighted by Gasteiger charge is -2.30. The summed E-state index contributed by atoms with van der Waals surface area (Å²) in [5.41, 5.74) is 0.915. The molecule has 1 aromatic carbocycles. The number of hydrogen-bond acceptors (Lipinski definition) is 5. The molecule has 0 saturated carbocycles. The number of rotatable bonds is 3. The number of carbonyl (C=O) groups is 2. The maximum atomic E-state index is 11.9. The second-order valence-electron chi connectivity index (χ2n) is 4.37. The summed E-state index contributed by atoms with van der Waals surface area (Å²) in [7, 11) is 1.29. The maximum absolute atomic E-state index is 11.9. The van der Waals surface area contributed by atoms with Gasteiger partial charge in [0, 0.05) is 6.54 Å². The summed E-state index contributed by atoms with van der Waals surface area (Å²) in [5, 5.41) is 0. The van der Waals surface area contributed by atoms with Gasteiger partial charge in [-0.25, -0.2) is 9.59 Å². The Hall–Kier alpha value is -2.08. The molecule has 2 rings (SSSR count). The van der Waals surface area contributed by atoms with Gasteiger partial charge in [0.1, 0.15) is 6.61 Å². The zero-order chi connectivity index (χ0) is 14.4. The van der Waals surface area contributed by atoms with Crippen molar-refractivity contribution >= 4 is 12.1 Å². The van der Waals surface area contributed by atoms with E-state index in [1.54, 1.807) is 0 Å². The van der Waals surface area contributed by atoms with Gasteiger partial charge in [0.05, 0.1) is 20.3 Å². The third-order valence-corrected chi connectivity index (χ3v) is 2.99. The van der Waals surface area contributed by atoms with Gasteiger partial charge in [-0.2, -0.15) is 0 Å². The first-order valence-corrected chi connectivity index (χ1v) is 6.36. The fourth-order valence-electron chi connectivity index (χ4n) is 1.90. The molecule has 1 fully saturated rings. The molecule has 20 heavy (non-hydrogen) atoms. The van der Waals surface area contributed by atoms with Crippen LogP contribution in [0.1, 0.15) is 5.56 Å². The molecule has 1 atom stereocenters. The van der Waals surface area contributed by atoms with Crippen molar-refractivity contribution in [2.75, 3.05) is 26.8 Å². The maximum Gasteiger partial charge on any atom is 0.410 e. The first-order valence-electron chi connectivity index (χ1n) is 6.36. The van der Waals surface area contributed by atoms with Gasteiger partial charge in [-0.15, -0.1) is 0 Å². The summed E-state index contributed by atoms with van der Waals surface area (Å²) in [6, 6.07) is 9.42. The fourth-order valence-corrected chi connectivity index (χ4v) is 1.90. The highest BCUT2D eigenvalue weighted by Crippen LogP contribution is 2.09. The topological polar surface area (TPSA) is 65.1 Å². The monoisotopic (exact) mass is 279 g/mol. The van der Waals surface area contributed by atoms with E-state index >= 15 is 0 Å². The second kappa shape index (κ2) is 6.91. The predicted molar refractivity (Wildman–Crippen MR) is 70.0 cm³/mol. The van der Waals surface area contributed by atoms with E-state index in [-0.39, 0.29) is 13.2 Å². The zero-order valence-corrected chi connectivity index (χ0v) is 11.3. The number of amides is 1. The van der Waals surface area contributed by atoms with Crippen LogP contribution in [0.3, 0.4) is 0 Å². The molecule has 6 nitrogen and oxygen atoms in total. The van der Waals surface area contributed by atoms with E-state index in [0.717, 1.165) is 5.56 Å². The van der Waals surface area contributed by atoms with Crippen LogP contribution >= 0.6 is 0 Å². The number of ether oxygens (including phenoxy) is 3. The first kappa shape index (κ1) is 14.3. The molecule has 0 radical (unpaired) electrons. The van der Waals surface area contributed by atoms with Crippen LogP contribution in [0.5, 0.6) is 0 Å². The minimum Gasteiger partial charge on any atom is -0.467 e. The Kier molecular flexibility index (Phi) is 4.95. The SMILES string of the molecule is COC(=O)[C@@H]1CN(C(=O)OCc2ccccc2)CCO1. The average Bonchev–Trinajstić information content (AvgIpc) is 2.53. The molecule has 0 spiro atoms. The van der Waals surface area contributed by atoms with Crippen LogP contribution < -0.4 is 0 Å². The van der Waals surface area contributed by atoms with Gasteiger partial charge >= 0.3 is 12.1 Å². The molecular formula is C14H17NO5. The number of benzene rings is 1. The second-order valence-corrected chi connectivity index (χ2v) is 4.37. The van der Waals surface area contributed by atoms with Crippen LogP contribution in [0.25, 0.3) is 0 Å². The molecule has 108 valence electrons. The van der Waals surface area contributed by atoms with Crippen molar-refractivity contribution < 1.29 is 23.8 Å². The van der Waals surface area contributed by atoms with Crippen molar-refractivity contribution in [3.8, 4) is 0 Å². The van der Waals surface area contributed by atoms with Gasteiger partial charge in [-0.05, 0) is 5.56 Å². The number of hydrogen-bond donors (Lipinski definition) is 0. The first-order chi connectivity index (χ1) is 9.70. The van der Waals surface area contributed by atoms with Gasteiger partial charge < -0.3 is 19.1 Å². The normalized spacial score (nSPS) is 18.4. The van der Waals surface area contributed by atoms with Crippen LogP contribution in [0, 0.1) is 0 Å². The summed E-state index contributed by atoms with van der Waals surface area (Å²) in [4.78, 5) is 24.8. The number of morpholine rings is 1. The standard InChI is InChI=1S/C14H17NO5/c1-18-13(16)12-9-15(7-8-19-12)14(17)20-10-11-5-3-2-4-6-11/h2-6,12H,7-10H2,1H3/t12-/m0/s1. The number of methoxy groups -OCH3 is 1. The Labute approximate surface area is 117 Å². The highest BCUT2D eigenvalue weighted by Gasteiger charge is 2.30. The van der Waals surface area contributed by atoms with E-state index in [1.165, 1.54) is 12.0 Å². The lowest BCUT2D eigenvalue weighted by Crippen LogP contribution is -2.49. The van der Waals surface area contributed by atoms with Crippen LogP contribution in [-0.2, 0) is 25.6 Å². The van der Waals surface area contributed by atoms with Gasteiger partial charge in [-0.3, -0.25) is 0 Å². The average molecular weight is 279 g/mol. The summed E-state index contributed by atoms with van der Waals surface area (Å²) < 4.78 is 15.1. The van der Waals surface area contributed by atoms with Crippen molar-refractivity contribution in [2.24, 2.45) is 0 Å². The molecule has 1 amide bonds. The Morgan fingerprint density at radius 3 is 2.80 bits per heavy atom. The molecule has 1 aromatic rings. The number of nitrogens with zero attached hydrogens (tertiary/aromatic N) is 1. The molecule has 1 heterocycles. The molecule has 1 aliphatic rings. The Balaban J connectivity index is 1.84. The van der Waals surface area contributed by atoms with Gasteiger partial charge in [0.2, 0.25) is 0 Å². The lowest BCUT2D eigenvalue weighted by molar-refractivity contribution is -0.158. The van der Waals surface area contributed by atoms with E-state index in [4.69, 9.17) is 9.47 Å². The molecule has 6 heteroatoms. The van der Waals surface area contributed by atoms with Crippen LogP contribution in [0.15, 0.2) is 30.3 Å². The van der Waals surface area contributed by atoms with E-state index in [0.29, 0.717) is 13.2 Å². The molecular weight excluding hydrogens is 262 g/mol. The van der Waals surface area contributed by atoms with Gasteiger partial charge in [-0.1, -0.05) is 30.3 Å². The molecule has 0 aromatic heterocycles. The Bertz CT molecular complexity index is 462. The summed E-state index contributed by atoms with van der Waals surface area (Å²) >= 11 is 0. The van der Waals surface area contributed by atoms with Crippen LogP contribution in [0.4, 0.5) is 4.79 Å². The van der Waals surface area contributed by atoms with Crippen LogP contribution in [-0.4, -0.2) is 49.9 Å². The smallest absolute Gasteiger partial charge is 0.410 e. The highest BCUT2D eigenvalue weighted by atomic mass is 16.6. The van der Waals surface area contributed by atoms with E-state index in [9.17, 15) is 9.59 Å². The van der Waals surface area contributed by atoms with Gasteiger partial charge in [0.15, 0.2) is 6.10 Å². The minimum absolute atomic E-state index is 0.153. The highest BCUT2D eigenvalue weighted by molar-refractivity contribution is 5.76. The largest absolute Gasteiger partial charge is 0.467 e. The predicted octanol–water partition coefficient (Wildman–Crippen LogP) is 1.20. The van der Waals surface area contributed by atoms with Crippen molar-refractivity contribution in [1.82, 2.24) is 4.90 Å². The van der Waals surface area contributed by atoms with Crippen molar-refractivity contribution in [3.63, 3.8) is 0 Å². The van der Waals surface area contributed by atoms with E-state index < -0.39 is 18.2 Å². The molecule has 0 bridgehead atoms. The molecule has 0 N–H and O–H groups in total. The molecule has 0 aliphatic carbocycles. The third kappa shape index (κ3) is 3.71. The lowest BCUT2D eigenvalue weighted by atomic mass is 10.2. The number of esters is 1. The Morgan fingerprint density at radius 2 is 2.10 bits per heavy atom. The minimum atomic E-state index is -0.738. The van der Waals surface area contributed by atoms with Gasteiger partial charge in [0.25, 0.3) is 0 Å². The van der Waals surface area contributed by atoms with E-state index in [1.807, 2.05) is 30.3 Å². The fraction of sp³-hybridized carbons (Fsp3) is 0.429.